The molecule has 0 atom stereocenters. The van der Waals surface area contributed by atoms with Gasteiger partial charge in [-0.2, -0.15) is 0 Å². The predicted molar refractivity (Wildman–Crippen MR) is 97.5 cm³/mol. The smallest absolute Gasteiger partial charge is 0.341 e. The molecule has 138 valence electrons. The van der Waals surface area contributed by atoms with E-state index in [9.17, 15) is 9.59 Å². The van der Waals surface area contributed by atoms with Crippen LogP contribution in [0.3, 0.4) is 0 Å². The van der Waals surface area contributed by atoms with Gasteiger partial charge in [0.25, 0.3) is 5.91 Å². The fourth-order valence-electron chi connectivity index (χ4n) is 2.14. The maximum Gasteiger partial charge on any atom is 0.341 e. The van der Waals surface area contributed by atoms with Crippen LogP contribution in [0.2, 0.25) is 0 Å². The van der Waals surface area contributed by atoms with Crippen molar-refractivity contribution in [2.24, 2.45) is 5.92 Å². The average molecular weight is 357 g/mol. The summed E-state index contributed by atoms with van der Waals surface area (Å²) in [5.41, 5.74) is 1.36. The maximum absolute atomic E-state index is 12.2. The lowest BCUT2D eigenvalue weighted by molar-refractivity contribution is -0.139. The van der Waals surface area contributed by atoms with Gasteiger partial charge in [0.1, 0.15) is 11.5 Å². The van der Waals surface area contributed by atoms with Crippen molar-refractivity contribution >= 4 is 11.9 Å². The lowest BCUT2D eigenvalue weighted by atomic mass is 10.2. The highest BCUT2D eigenvalue weighted by atomic mass is 16.5. The highest BCUT2D eigenvalue weighted by Gasteiger charge is 2.07. The minimum Gasteiger partial charge on any atom is -0.493 e. The van der Waals surface area contributed by atoms with Crippen molar-refractivity contribution < 1.29 is 24.2 Å². The first-order valence-corrected chi connectivity index (χ1v) is 8.38. The molecule has 0 heterocycles. The topological polar surface area (TPSA) is 84.9 Å². The van der Waals surface area contributed by atoms with Gasteiger partial charge in [-0.25, -0.2) is 4.79 Å². The Hall–Kier alpha value is -3.02. The van der Waals surface area contributed by atoms with Crippen LogP contribution in [-0.4, -0.2) is 30.2 Å². The fourth-order valence-corrected chi connectivity index (χ4v) is 2.14. The molecule has 0 saturated heterocycles. The molecule has 0 aliphatic heterocycles. The average Bonchev–Trinajstić information content (AvgIpc) is 2.63. The summed E-state index contributed by atoms with van der Waals surface area (Å²) < 4.78 is 10.7. The van der Waals surface area contributed by atoms with Crippen LogP contribution in [0.5, 0.6) is 11.5 Å². The van der Waals surface area contributed by atoms with E-state index >= 15 is 0 Å². The van der Waals surface area contributed by atoms with E-state index < -0.39 is 12.6 Å². The maximum atomic E-state index is 12.2. The molecule has 2 aromatic carbocycles. The van der Waals surface area contributed by atoms with Gasteiger partial charge < -0.3 is 19.9 Å². The summed E-state index contributed by atoms with van der Waals surface area (Å²) in [6, 6.07) is 13.9. The van der Waals surface area contributed by atoms with Crippen LogP contribution in [0.1, 0.15) is 29.8 Å². The van der Waals surface area contributed by atoms with Gasteiger partial charge in [-0.05, 0) is 47.9 Å². The van der Waals surface area contributed by atoms with Gasteiger partial charge in [-0.15, -0.1) is 0 Å². The third kappa shape index (κ3) is 6.47. The number of rotatable bonds is 9. The van der Waals surface area contributed by atoms with E-state index in [0.29, 0.717) is 30.4 Å². The second-order valence-electron chi connectivity index (χ2n) is 6.24. The van der Waals surface area contributed by atoms with Gasteiger partial charge in [0.05, 0.1) is 6.61 Å². The summed E-state index contributed by atoms with van der Waals surface area (Å²) in [7, 11) is 0. The first kappa shape index (κ1) is 19.3. The van der Waals surface area contributed by atoms with Crippen molar-refractivity contribution in [2.45, 2.75) is 20.4 Å². The molecule has 0 spiro atoms. The van der Waals surface area contributed by atoms with Crippen LogP contribution in [0.4, 0.5) is 0 Å². The zero-order chi connectivity index (χ0) is 18.9. The van der Waals surface area contributed by atoms with Gasteiger partial charge in [0, 0.05) is 12.1 Å². The first-order valence-electron chi connectivity index (χ1n) is 8.38. The number of amides is 1. The number of carbonyl (C=O) groups excluding carboxylic acids is 1. The van der Waals surface area contributed by atoms with E-state index in [1.54, 1.807) is 42.5 Å². The lowest BCUT2D eigenvalue weighted by Gasteiger charge is -2.10. The molecule has 6 heteroatoms. The van der Waals surface area contributed by atoms with E-state index in [1.807, 2.05) is 6.07 Å². The molecule has 26 heavy (non-hydrogen) atoms. The number of hydrogen-bond acceptors (Lipinski definition) is 4. The quantitative estimate of drug-likeness (QED) is 0.720. The van der Waals surface area contributed by atoms with Crippen LogP contribution in [-0.2, 0) is 11.3 Å². The lowest BCUT2D eigenvalue weighted by Crippen LogP contribution is -2.22. The number of hydrogen-bond donors (Lipinski definition) is 2. The Morgan fingerprint density at radius 2 is 1.77 bits per heavy atom. The highest BCUT2D eigenvalue weighted by Crippen LogP contribution is 2.15. The molecule has 0 fully saturated rings. The molecule has 0 aromatic heterocycles. The highest BCUT2D eigenvalue weighted by molar-refractivity contribution is 5.94. The third-order valence-corrected chi connectivity index (χ3v) is 3.41. The molecule has 0 bridgehead atoms. The predicted octanol–water partition coefficient (Wildman–Crippen LogP) is 3.11. The SMILES string of the molecule is CC(C)COc1ccc(C(=O)NCc2cccc(OCC(=O)O)c2)cc1. The summed E-state index contributed by atoms with van der Waals surface area (Å²) in [6.45, 7) is 4.69. The number of carbonyl (C=O) groups is 2. The molecular weight excluding hydrogens is 334 g/mol. The third-order valence-electron chi connectivity index (χ3n) is 3.41. The fraction of sp³-hybridized carbons (Fsp3) is 0.300. The summed E-state index contributed by atoms with van der Waals surface area (Å²) in [5, 5.41) is 11.5. The largest absolute Gasteiger partial charge is 0.493 e. The number of ether oxygens (including phenoxy) is 2. The van der Waals surface area contributed by atoms with E-state index in [0.717, 1.165) is 11.3 Å². The van der Waals surface area contributed by atoms with E-state index in [-0.39, 0.29) is 5.91 Å². The molecule has 2 N–H and O–H groups in total. The van der Waals surface area contributed by atoms with Gasteiger partial charge >= 0.3 is 5.97 Å². The first-order chi connectivity index (χ1) is 12.4. The van der Waals surface area contributed by atoms with Crippen LogP contribution in [0.25, 0.3) is 0 Å². The second-order valence-corrected chi connectivity index (χ2v) is 6.24. The van der Waals surface area contributed by atoms with Gasteiger partial charge in [0.15, 0.2) is 6.61 Å². The summed E-state index contributed by atoms with van der Waals surface area (Å²) in [5.74, 6) is 0.388. The zero-order valence-electron chi connectivity index (χ0n) is 14.9. The summed E-state index contributed by atoms with van der Waals surface area (Å²) in [6.07, 6.45) is 0. The summed E-state index contributed by atoms with van der Waals surface area (Å²) >= 11 is 0. The number of benzene rings is 2. The van der Waals surface area contributed by atoms with E-state index in [4.69, 9.17) is 14.6 Å². The number of aliphatic carboxylic acids is 1. The Kier molecular flexibility index (Phi) is 7.02. The minimum absolute atomic E-state index is 0.197. The second kappa shape index (κ2) is 9.46. The Morgan fingerprint density at radius 1 is 1.04 bits per heavy atom. The Labute approximate surface area is 152 Å². The van der Waals surface area contributed by atoms with Crippen molar-refractivity contribution in [3.63, 3.8) is 0 Å². The Balaban J connectivity index is 1.88. The molecule has 6 nitrogen and oxygen atoms in total. The normalized spacial score (nSPS) is 10.4. The molecule has 2 rings (SSSR count). The van der Waals surface area contributed by atoms with Gasteiger partial charge in [0.2, 0.25) is 0 Å². The molecule has 0 radical (unpaired) electrons. The molecule has 1 amide bonds. The summed E-state index contributed by atoms with van der Waals surface area (Å²) in [4.78, 5) is 22.8. The molecule has 0 aliphatic rings. The van der Waals surface area contributed by atoms with Crippen LogP contribution < -0.4 is 14.8 Å². The number of nitrogens with one attached hydrogen (secondary N) is 1. The van der Waals surface area contributed by atoms with Gasteiger partial charge in [-0.1, -0.05) is 26.0 Å². The van der Waals surface area contributed by atoms with Crippen LogP contribution in [0.15, 0.2) is 48.5 Å². The van der Waals surface area contributed by atoms with Crippen molar-refractivity contribution in [1.29, 1.82) is 0 Å². The Morgan fingerprint density at radius 3 is 2.42 bits per heavy atom. The van der Waals surface area contributed by atoms with Gasteiger partial charge in [-0.3, -0.25) is 4.79 Å². The monoisotopic (exact) mass is 357 g/mol. The zero-order valence-corrected chi connectivity index (χ0v) is 14.9. The van der Waals surface area contributed by atoms with Crippen molar-refractivity contribution in [1.82, 2.24) is 5.32 Å². The van der Waals surface area contributed by atoms with Crippen molar-refractivity contribution in [3.8, 4) is 11.5 Å². The molecular formula is C20H23NO5. The van der Waals surface area contributed by atoms with Crippen LogP contribution in [0, 0.1) is 5.92 Å². The molecule has 2 aromatic rings. The van der Waals surface area contributed by atoms with Crippen LogP contribution >= 0.6 is 0 Å². The minimum atomic E-state index is -1.04. The number of carboxylic acid groups (broad SMARTS) is 1. The Bertz CT molecular complexity index is 740. The molecule has 0 saturated carbocycles. The molecule has 0 unspecified atom stereocenters. The molecule has 0 aliphatic carbocycles. The van der Waals surface area contributed by atoms with E-state index in [2.05, 4.69) is 19.2 Å². The van der Waals surface area contributed by atoms with Crippen molar-refractivity contribution in [3.05, 3.63) is 59.7 Å². The standard InChI is InChI=1S/C20H23NO5/c1-14(2)12-25-17-8-6-16(7-9-17)20(24)21-11-15-4-3-5-18(10-15)26-13-19(22)23/h3-10,14H,11-13H2,1-2H3,(H,21,24)(H,22,23). The van der Waals surface area contributed by atoms with E-state index in [1.165, 1.54) is 0 Å². The van der Waals surface area contributed by atoms with Crippen molar-refractivity contribution in [2.75, 3.05) is 13.2 Å². The number of carboxylic acids is 1.